The molecule has 4 saturated carbocycles. The maximum Gasteiger partial charge on any atom is 0.410 e. The molecule has 2 aromatic rings. The molecule has 41 heavy (non-hydrogen) atoms. The Bertz CT molecular complexity index is 1240. The van der Waals surface area contributed by atoms with Gasteiger partial charge < -0.3 is 20.1 Å². The number of fused-ring (bicyclic) bond motifs is 1. The highest BCUT2D eigenvalue weighted by atomic mass is 16.6. The normalized spacial score (nSPS) is 26.2. The lowest BCUT2D eigenvalue weighted by molar-refractivity contribution is -0.124. The molecule has 0 spiro atoms. The zero-order chi connectivity index (χ0) is 29.6. The number of benzene rings is 1. The van der Waals surface area contributed by atoms with Crippen molar-refractivity contribution in [2.45, 2.75) is 98.0 Å². The first-order chi connectivity index (χ1) is 19.2. The maximum absolute atomic E-state index is 13.5. The third-order valence-corrected chi connectivity index (χ3v) is 9.62. The van der Waals surface area contributed by atoms with E-state index in [1.165, 1.54) is 38.5 Å². The van der Waals surface area contributed by atoms with Crippen molar-refractivity contribution in [3.8, 4) is 0 Å². The van der Waals surface area contributed by atoms with Crippen molar-refractivity contribution >= 4 is 28.6 Å². The highest BCUT2D eigenvalue weighted by Crippen LogP contribution is 2.61. The SMILES string of the molecule is CC(C)(C)OC(=O)N(CCO)CC(c1ccc(NC(=O)CC23CC4CC(CC(C4)C2)C3)c2cccnc12)C(C)(C)C. The van der Waals surface area contributed by atoms with Crippen LogP contribution in [0.4, 0.5) is 10.5 Å². The molecule has 0 aliphatic heterocycles. The first-order valence-corrected chi connectivity index (χ1v) is 15.5. The number of aliphatic hydroxyl groups is 1. The number of nitrogens with zero attached hydrogens (tertiary/aromatic N) is 2. The van der Waals surface area contributed by atoms with E-state index >= 15 is 0 Å². The zero-order valence-corrected chi connectivity index (χ0v) is 25.8. The van der Waals surface area contributed by atoms with Crippen molar-refractivity contribution in [2.75, 3.05) is 25.0 Å². The Labute approximate surface area is 245 Å². The summed E-state index contributed by atoms with van der Waals surface area (Å²) in [6, 6.07) is 7.98. The van der Waals surface area contributed by atoms with Crippen LogP contribution in [0.15, 0.2) is 30.5 Å². The summed E-state index contributed by atoms with van der Waals surface area (Å²) in [7, 11) is 0. The van der Waals surface area contributed by atoms with Crippen LogP contribution in [-0.2, 0) is 9.53 Å². The monoisotopic (exact) mass is 563 g/mol. The van der Waals surface area contributed by atoms with Crippen molar-refractivity contribution in [2.24, 2.45) is 28.6 Å². The Balaban J connectivity index is 1.40. The third kappa shape index (κ3) is 6.71. The molecule has 7 nitrogen and oxygen atoms in total. The number of carbonyl (C=O) groups is 2. The first kappa shape index (κ1) is 29.8. The van der Waals surface area contributed by atoms with Gasteiger partial charge >= 0.3 is 6.09 Å². The lowest BCUT2D eigenvalue weighted by Crippen LogP contribution is -2.47. The highest BCUT2D eigenvalue weighted by molar-refractivity contribution is 6.02. The van der Waals surface area contributed by atoms with Crippen molar-refractivity contribution < 1.29 is 19.4 Å². The van der Waals surface area contributed by atoms with Crippen LogP contribution in [0.1, 0.15) is 98.0 Å². The maximum atomic E-state index is 13.5. The minimum atomic E-state index is -0.633. The molecule has 7 heteroatoms. The van der Waals surface area contributed by atoms with Crippen molar-refractivity contribution in [1.29, 1.82) is 0 Å². The van der Waals surface area contributed by atoms with E-state index in [2.05, 4.69) is 32.2 Å². The third-order valence-electron chi connectivity index (χ3n) is 9.62. The number of hydrogen-bond donors (Lipinski definition) is 2. The Morgan fingerprint density at radius 1 is 1.05 bits per heavy atom. The van der Waals surface area contributed by atoms with Crippen LogP contribution in [0.2, 0.25) is 0 Å². The number of anilines is 1. The number of ether oxygens (including phenoxy) is 1. The van der Waals surface area contributed by atoms with E-state index in [4.69, 9.17) is 9.72 Å². The van der Waals surface area contributed by atoms with Gasteiger partial charge in [0.2, 0.25) is 5.91 Å². The van der Waals surface area contributed by atoms with E-state index in [9.17, 15) is 14.7 Å². The minimum Gasteiger partial charge on any atom is -0.444 e. The van der Waals surface area contributed by atoms with Gasteiger partial charge in [0.15, 0.2) is 0 Å². The Hall–Kier alpha value is -2.67. The van der Waals surface area contributed by atoms with E-state index in [0.29, 0.717) is 13.0 Å². The number of pyridine rings is 1. The summed E-state index contributed by atoms with van der Waals surface area (Å²) in [5.74, 6) is 2.48. The summed E-state index contributed by atoms with van der Waals surface area (Å²) in [5.41, 5.74) is 1.96. The molecule has 6 rings (SSSR count). The average molecular weight is 564 g/mol. The molecule has 2 amide bonds. The van der Waals surface area contributed by atoms with Crippen molar-refractivity contribution in [3.63, 3.8) is 0 Å². The van der Waals surface area contributed by atoms with Gasteiger partial charge in [0.05, 0.1) is 17.8 Å². The fourth-order valence-corrected chi connectivity index (χ4v) is 8.39. The van der Waals surface area contributed by atoms with Crippen LogP contribution in [0.25, 0.3) is 10.9 Å². The Kier molecular flexibility index (Phi) is 8.14. The second-order valence-electron chi connectivity index (χ2n) is 15.3. The number of nitrogens with one attached hydrogen (secondary N) is 1. The summed E-state index contributed by atoms with van der Waals surface area (Å²) in [6.45, 7) is 12.4. The number of rotatable bonds is 8. The molecule has 1 atom stereocenters. The van der Waals surface area contributed by atoms with Gasteiger partial charge in [0.1, 0.15) is 5.60 Å². The van der Waals surface area contributed by atoms with Gasteiger partial charge in [-0.3, -0.25) is 9.78 Å². The standard InChI is InChI=1S/C34H49N3O4/c1-32(2,3)27(21-37(12-13-38)31(40)41-33(4,5)6)25-9-10-28(26-8-7-11-35-30(25)26)36-29(39)20-34-17-22-14-23(18-34)16-24(15-22)19-34/h7-11,22-24,27,38H,12-21H2,1-6H3,(H,36,39). The second-order valence-corrected chi connectivity index (χ2v) is 15.3. The highest BCUT2D eigenvalue weighted by Gasteiger charge is 2.51. The summed E-state index contributed by atoms with van der Waals surface area (Å²) < 4.78 is 5.66. The number of hydrogen-bond acceptors (Lipinski definition) is 5. The fraction of sp³-hybridized carbons (Fsp3) is 0.676. The first-order valence-electron chi connectivity index (χ1n) is 15.5. The number of aromatic nitrogens is 1. The molecule has 4 fully saturated rings. The van der Waals surface area contributed by atoms with Crippen LogP contribution in [0.5, 0.6) is 0 Å². The van der Waals surface area contributed by atoms with Crippen molar-refractivity contribution in [3.05, 3.63) is 36.0 Å². The fourth-order valence-electron chi connectivity index (χ4n) is 8.39. The summed E-state index contributed by atoms with van der Waals surface area (Å²) in [5, 5.41) is 13.9. The lowest BCUT2D eigenvalue weighted by Gasteiger charge is -2.56. The van der Waals surface area contributed by atoms with Gasteiger partial charge in [-0.2, -0.15) is 0 Å². The van der Waals surface area contributed by atoms with Crippen LogP contribution in [-0.4, -0.2) is 52.3 Å². The predicted molar refractivity (Wildman–Crippen MR) is 163 cm³/mol. The van der Waals surface area contributed by atoms with Gasteiger partial charge in [-0.05, 0) is 112 Å². The van der Waals surface area contributed by atoms with Gasteiger partial charge in [0, 0.05) is 37.0 Å². The van der Waals surface area contributed by atoms with Crippen LogP contribution in [0.3, 0.4) is 0 Å². The molecule has 4 aliphatic carbocycles. The van der Waals surface area contributed by atoms with Gasteiger partial charge in [0.25, 0.3) is 0 Å². The Morgan fingerprint density at radius 3 is 2.24 bits per heavy atom. The lowest BCUT2D eigenvalue weighted by atomic mass is 9.49. The predicted octanol–water partition coefficient (Wildman–Crippen LogP) is 7.14. The largest absolute Gasteiger partial charge is 0.444 e. The molecule has 1 unspecified atom stereocenters. The second kappa shape index (κ2) is 11.2. The molecular formula is C34H49N3O4. The molecule has 0 saturated heterocycles. The molecule has 1 aromatic carbocycles. The topological polar surface area (TPSA) is 91.8 Å². The van der Waals surface area contributed by atoms with Crippen LogP contribution >= 0.6 is 0 Å². The van der Waals surface area contributed by atoms with Gasteiger partial charge in [-0.25, -0.2) is 4.79 Å². The molecular weight excluding hydrogens is 514 g/mol. The van der Waals surface area contributed by atoms with E-state index in [1.807, 2.05) is 39.0 Å². The molecule has 1 aromatic heterocycles. The number of aliphatic hydroxyl groups excluding tert-OH is 1. The molecule has 4 aliphatic rings. The molecule has 224 valence electrons. The number of amides is 2. The van der Waals surface area contributed by atoms with E-state index < -0.39 is 11.7 Å². The van der Waals surface area contributed by atoms with Gasteiger partial charge in [-0.1, -0.05) is 26.8 Å². The quantitative estimate of drug-likeness (QED) is 0.356. The van der Waals surface area contributed by atoms with Gasteiger partial charge in [-0.15, -0.1) is 0 Å². The van der Waals surface area contributed by atoms with Crippen LogP contribution < -0.4 is 5.32 Å². The smallest absolute Gasteiger partial charge is 0.410 e. The van der Waals surface area contributed by atoms with E-state index in [1.54, 1.807) is 11.1 Å². The number of carbonyl (C=O) groups excluding carboxylic acids is 2. The summed E-state index contributed by atoms with van der Waals surface area (Å²) in [6.07, 6.45) is 9.70. The molecule has 2 N–H and O–H groups in total. The van der Waals surface area contributed by atoms with E-state index in [-0.39, 0.29) is 35.8 Å². The summed E-state index contributed by atoms with van der Waals surface area (Å²) in [4.78, 5) is 33.0. The molecule has 4 bridgehead atoms. The summed E-state index contributed by atoms with van der Waals surface area (Å²) >= 11 is 0. The average Bonchev–Trinajstić information content (AvgIpc) is 2.84. The Morgan fingerprint density at radius 2 is 1.68 bits per heavy atom. The minimum absolute atomic E-state index is 0.0873. The van der Waals surface area contributed by atoms with Crippen molar-refractivity contribution in [1.82, 2.24) is 9.88 Å². The molecule has 0 radical (unpaired) electrons. The van der Waals surface area contributed by atoms with Crippen LogP contribution in [0, 0.1) is 28.6 Å². The van der Waals surface area contributed by atoms with E-state index in [0.717, 1.165) is 39.9 Å². The zero-order valence-electron chi connectivity index (χ0n) is 25.8. The molecule has 1 heterocycles.